The monoisotopic (exact) mass is 550 g/mol. The summed E-state index contributed by atoms with van der Waals surface area (Å²) < 4.78 is 0. The number of hydrogen-bond acceptors (Lipinski definition) is 1. The highest BCUT2D eigenvalue weighted by atomic mass is 16.4. The third kappa shape index (κ3) is 16.9. The van der Waals surface area contributed by atoms with Gasteiger partial charge in [0.2, 0.25) is 0 Å². The summed E-state index contributed by atoms with van der Waals surface area (Å²) in [6, 6.07) is 0. The minimum absolute atomic E-state index is 0.263. The third-order valence-corrected chi connectivity index (χ3v) is 8.41. The van der Waals surface area contributed by atoms with Crippen LogP contribution in [-0.4, -0.2) is 11.1 Å². The second-order valence-corrected chi connectivity index (χ2v) is 12.8. The lowest BCUT2D eigenvalue weighted by atomic mass is 9.72. The van der Waals surface area contributed by atoms with E-state index in [-0.39, 0.29) is 11.3 Å². The van der Waals surface area contributed by atoms with Crippen molar-refractivity contribution in [3.63, 3.8) is 0 Å². The number of hydrogen-bond donors (Lipinski definition) is 1. The zero-order chi connectivity index (χ0) is 29.6. The van der Waals surface area contributed by atoms with Gasteiger partial charge in [0.15, 0.2) is 0 Å². The molecule has 1 rings (SSSR count). The molecule has 0 aliphatic heterocycles. The molecule has 0 amide bonds. The molecule has 1 aliphatic carbocycles. The standard InChI is InChI=1S/C38H62O2/c1-7-8-9-10-11-12-13-14-15-16-17-18-19-20-26-35(37(39)40)29-27-32(2)23-21-24-33(3)28-30-36-34(4)25-22-31-38(36,5)6/h14-15,21,23-24,27-28,30,35H,7-13,16-20,22,25-26,29,31H2,1-6H3,(H,39,40). The third-order valence-electron chi connectivity index (χ3n) is 8.41. The van der Waals surface area contributed by atoms with E-state index in [4.69, 9.17) is 0 Å². The maximum atomic E-state index is 11.8. The first-order chi connectivity index (χ1) is 19.2. The molecule has 2 nitrogen and oxygen atoms in total. The summed E-state index contributed by atoms with van der Waals surface area (Å²) in [6.45, 7) is 13.4. The van der Waals surface area contributed by atoms with E-state index in [0.717, 1.165) is 31.3 Å². The summed E-state index contributed by atoms with van der Waals surface area (Å²) in [5.41, 5.74) is 5.62. The zero-order valence-electron chi connectivity index (χ0n) is 27.1. The molecule has 0 spiro atoms. The Bertz CT molecular complexity index is 890. The van der Waals surface area contributed by atoms with E-state index in [1.807, 2.05) is 0 Å². The smallest absolute Gasteiger partial charge is 0.306 e. The van der Waals surface area contributed by atoms with Crippen molar-refractivity contribution in [3.05, 3.63) is 70.9 Å². The number of carbonyl (C=O) groups is 1. The van der Waals surface area contributed by atoms with E-state index in [1.54, 1.807) is 0 Å². The van der Waals surface area contributed by atoms with Crippen molar-refractivity contribution < 1.29 is 9.90 Å². The number of allylic oxidation sites excluding steroid dienone is 12. The van der Waals surface area contributed by atoms with Crippen molar-refractivity contribution >= 4 is 5.97 Å². The summed E-state index contributed by atoms with van der Waals surface area (Å²) in [6.07, 6.45) is 37.8. The molecule has 0 radical (unpaired) electrons. The molecular weight excluding hydrogens is 488 g/mol. The first-order valence-electron chi connectivity index (χ1n) is 16.4. The van der Waals surface area contributed by atoms with Crippen LogP contribution in [0.4, 0.5) is 0 Å². The summed E-state index contributed by atoms with van der Waals surface area (Å²) >= 11 is 0. The first kappa shape index (κ1) is 35.9. The van der Waals surface area contributed by atoms with Crippen LogP contribution in [0, 0.1) is 11.3 Å². The molecule has 0 saturated heterocycles. The van der Waals surface area contributed by atoms with Crippen LogP contribution >= 0.6 is 0 Å². The van der Waals surface area contributed by atoms with E-state index in [9.17, 15) is 9.90 Å². The maximum absolute atomic E-state index is 11.8. The summed E-state index contributed by atoms with van der Waals surface area (Å²) in [7, 11) is 0. The molecule has 1 atom stereocenters. The van der Waals surface area contributed by atoms with Gasteiger partial charge in [-0.25, -0.2) is 0 Å². The lowest BCUT2D eigenvalue weighted by Gasteiger charge is -2.32. The van der Waals surface area contributed by atoms with Gasteiger partial charge < -0.3 is 5.11 Å². The number of aliphatic carboxylic acids is 1. The Balaban J connectivity index is 2.31. The number of unbranched alkanes of at least 4 members (excludes halogenated alkanes) is 10. The van der Waals surface area contributed by atoms with Crippen LogP contribution in [0.25, 0.3) is 0 Å². The van der Waals surface area contributed by atoms with Crippen LogP contribution in [0.15, 0.2) is 70.9 Å². The van der Waals surface area contributed by atoms with Crippen LogP contribution in [0.3, 0.4) is 0 Å². The van der Waals surface area contributed by atoms with E-state index in [1.165, 1.54) is 93.8 Å². The fourth-order valence-electron chi connectivity index (χ4n) is 5.66. The van der Waals surface area contributed by atoms with Gasteiger partial charge in [0.25, 0.3) is 0 Å². The first-order valence-corrected chi connectivity index (χ1v) is 16.4. The molecule has 1 unspecified atom stereocenters. The second-order valence-electron chi connectivity index (χ2n) is 12.8. The molecule has 0 aromatic heterocycles. The molecule has 0 heterocycles. The number of carboxylic acid groups (broad SMARTS) is 1. The molecule has 2 heteroatoms. The average Bonchev–Trinajstić information content (AvgIpc) is 2.89. The number of rotatable bonds is 21. The Kier molecular flexibility index (Phi) is 19.4. The minimum Gasteiger partial charge on any atom is -0.481 e. The van der Waals surface area contributed by atoms with Crippen molar-refractivity contribution in [3.8, 4) is 0 Å². The van der Waals surface area contributed by atoms with Gasteiger partial charge >= 0.3 is 5.97 Å². The highest BCUT2D eigenvalue weighted by Gasteiger charge is 2.26. The SMILES string of the molecule is CCCCCCCCC=CCCCCCCC(CC=C(C)C=CC=C(C)C=CC1=C(C)CCCC1(C)C)C(=O)O. The van der Waals surface area contributed by atoms with Crippen molar-refractivity contribution in [1.82, 2.24) is 0 Å². The Morgan fingerprint density at radius 3 is 2.15 bits per heavy atom. The minimum atomic E-state index is -0.665. The normalized spacial score (nSPS) is 17.6. The predicted octanol–water partition coefficient (Wildman–Crippen LogP) is 12.3. The molecule has 1 N–H and O–H groups in total. The van der Waals surface area contributed by atoms with Crippen LogP contribution < -0.4 is 0 Å². The van der Waals surface area contributed by atoms with Gasteiger partial charge in [0, 0.05) is 0 Å². The van der Waals surface area contributed by atoms with Gasteiger partial charge in [0.1, 0.15) is 0 Å². The fourth-order valence-corrected chi connectivity index (χ4v) is 5.66. The van der Waals surface area contributed by atoms with Gasteiger partial charge in [-0.2, -0.15) is 0 Å². The molecule has 0 saturated carbocycles. The van der Waals surface area contributed by atoms with E-state index in [0.29, 0.717) is 6.42 Å². The van der Waals surface area contributed by atoms with Crippen molar-refractivity contribution in [2.45, 2.75) is 151 Å². The summed E-state index contributed by atoms with van der Waals surface area (Å²) in [5, 5.41) is 9.68. The van der Waals surface area contributed by atoms with Gasteiger partial charge in [-0.1, -0.05) is 137 Å². The summed E-state index contributed by atoms with van der Waals surface area (Å²) in [4.78, 5) is 11.8. The quantitative estimate of drug-likeness (QED) is 0.0876. The highest BCUT2D eigenvalue weighted by Crippen LogP contribution is 2.40. The molecule has 226 valence electrons. The van der Waals surface area contributed by atoms with Crippen LogP contribution in [0.5, 0.6) is 0 Å². The van der Waals surface area contributed by atoms with Gasteiger partial charge in [-0.15, -0.1) is 0 Å². The molecule has 0 aromatic carbocycles. The Labute approximate surface area is 248 Å². The average molecular weight is 551 g/mol. The van der Waals surface area contributed by atoms with Crippen molar-refractivity contribution in [2.75, 3.05) is 0 Å². The number of carboxylic acids is 1. The Hall–Kier alpha value is -2.09. The highest BCUT2D eigenvalue weighted by molar-refractivity contribution is 5.70. The van der Waals surface area contributed by atoms with Gasteiger partial charge in [0.05, 0.1) is 5.92 Å². The molecule has 0 aromatic rings. The Morgan fingerprint density at radius 1 is 0.900 bits per heavy atom. The summed E-state index contributed by atoms with van der Waals surface area (Å²) in [5.74, 6) is -0.946. The Morgan fingerprint density at radius 2 is 1.52 bits per heavy atom. The van der Waals surface area contributed by atoms with Gasteiger partial charge in [-0.05, 0) is 89.5 Å². The van der Waals surface area contributed by atoms with Gasteiger partial charge in [-0.3, -0.25) is 4.79 Å². The van der Waals surface area contributed by atoms with Crippen molar-refractivity contribution in [1.29, 1.82) is 0 Å². The molecule has 0 bridgehead atoms. The fraction of sp³-hybridized carbons (Fsp3) is 0.658. The lowest BCUT2D eigenvalue weighted by Crippen LogP contribution is -2.19. The van der Waals surface area contributed by atoms with Crippen LogP contribution in [0.1, 0.15) is 151 Å². The van der Waals surface area contributed by atoms with Crippen LogP contribution in [0.2, 0.25) is 0 Å². The second kappa shape index (κ2) is 21.6. The zero-order valence-corrected chi connectivity index (χ0v) is 27.1. The molecule has 40 heavy (non-hydrogen) atoms. The largest absolute Gasteiger partial charge is 0.481 e. The molecule has 1 aliphatic rings. The molecule has 0 fully saturated rings. The predicted molar refractivity (Wildman–Crippen MR) is 177 cm³/mol. The van der Waals surface area contributed by atoms with E-state index in [2.05, 4.69) is 90.2 Å². The van der Waals surface area contributed by atoms with Crippen LogP contribution in [-0.2, 0) is 4.79 Å². The maximum Gasteiger partial charge on any atom is 0.306 e. The van der Waals surface area contributed by atoms with Crippen molar-refractivity contribution in [2.24, 2.45) is 11.3 Å². The lowest BCUT2D eigenvalue weighted by molar-refractivity contribution is -0.141. The van der Waals surface area contributed by atoms with E-state index < -0.39 is 5.97 Å². The van der Waals surface area contributed by atoms with E-state index >= 15 is 0 Å². The topological polar surface area (TPSA) is 37.3 Å². The molecular formula is C38H62O2.